The monoisotopic (exact) mass is 425 g/mol. The van der Waals surface area contributed by atoms with Crippen LogP contribution in [-0.2, 0) is 0 Å². The summed E-state index contributed by atoms with van der Waals surface area (Å²) in [6.07, 6.45) is 0. The second-order valence-corrected chi connectivity index (χ2v) is 6.88. The summed E-state index contributed by atoms with van der Waals surface area (Å²) in [5.41, 5.74) is 2.86. The zero-order chi connectivity index (χ0) is 19.1. The Morgan fingerprint density at radius 3 is 2.52 bits per heavy atom. The molecule has 2 aromatic carbocycles. The number of nitrogens with zero attached hydrogens (tertiary/aromatic N) is 3. The van der Waals surface area contributed by atoms with Crippen molar-refractivity contribution < 1.29 is 14.3 Å². The van der Waals surface area contributed by atoms with E-state index in [4.69, 9.17) is 9.47 Å². The van der Waals surface area contributed by atoms with Gasteiger partial charge in [0.05, 0.1) is 25.4 Å². The highest BCUT2D eigenvalue weighted by atomic mass is 79.9. The first-order valence-electron chi connectivity index (χ1n) is 8.25. The van der Waals surface area contributed by atoms with Gasteiger partial charge in [0.1, 0.15) is 0 Å². The van der Waals surface area contributed by atoms with E-state index in [-0.39, 0.29) is 5.91 Å². The molecule has 136 valence electrons. The Labute approximate surface area is 163 Å². The van der Waals surface area contributed by atoms with Crippen molar-refractivity contribution in [2.75, 3.05) is 14.2 Å². The highest BCUT2D eigenvalue weighted by Crippen LogP contribution is 2.36. The van der Waals surface area contributed by atoms with Gasteiger partial charge in [0, 0.05) is 27.7 Å². The van der Waals surface area contributed by atoms with Gasteiger partial charge in [0.25, 0.3) is 0 Å². The lowest BCUT2D eigenvalue weighted by Gasteiger charge is -2.09. The van der Waals surface area contributed by atoms with Crippen LogP contribution < -0.4 is 9.47 Å². The molecule has 2 aromatic heterocycles. The van der Waals surface area contributed by atoms with Crippen molar-refractivity contribution in [2.45, 2.75) is 6.92 Å². The van der Waals surface area contributed by atoms with Gasteiger partial charge in [-0.1, -0.05) is 22.0 Å². The molecule has 27 heavy (non-hydrogen) atoms. The van der Waals surface area contributed by atoms with E-state index in [2.05, 4.69) is 26.1 Å². The predicted octanol–water partition coefficient (Wildman–Crippen LogP) is 4.69. The smallest absolute Gasteiger partial charge is 0.229 e. The number of hydrogen-bond donors (Lipinski definition) is 0. The van der Waals surface area contributed by atoms with Crippen molar-refractivity contribution in [1.29, 1.82) is 0 Å². The topological polar surface area (TPSA) is 66.2 Å². The van der Waals surface area contributed by atoms with Crippen LogP contribution in [0.15, 0.2) is 46.9 Å². The first-order chi connectivity index (χ1) is 13.0. The Kier molecular flexibility index (Phi) is 4.31. The first kappa shape index (κ1) is 17.5. The largest absolute Gasteiger partial charge is 0.493 e. The van der Waals surface area contributed by atoms with Crippen molar-refractivity contribution in [3.63, 3.8) is 0 Å². The van der Waals surface area contributed by atoms with Crippen LogP contribution in [0.3, 0.4) is 0 Å². The molecule has 0 saturated heterocycles. The summed E-state index contributed by atoms with van der Waals surface area (Å²) in [6.45, 7) is 1.52. The summed E-state index contributed by atoms with van der Waals surface area (Å²) < 4.78 is 13.2. The minimum absolute atomic E-state index is 0.110. The van der Waals surface area contributed by atoms with Crippen molar-refractivity contribution in [3.05, 3.63) is 46.9 Å². The molecule has 0 spiro atoms. The highest BCUT2D eigenvalue weighted by molar-refractivity contribution is 9.10. The second kappa shape index (κ2) is 6.66. The van der Waals surface area contributed by atoms with Gasteiger partial charge in [0.15, 0.2) is 17.1 Å². The van der Waals surface area contributed by atoms with Gasteiger partial charge in [-0.25, -0.2) is 0 Å². The van der Waals surface area contributed by atoms with Gasteiger partial charge in [-0.05, 0) is 36.4 Å². The molecule has 0 saturated carbocycles. The minimum atomic E-state index is -0.110. The molecule has 0 aliphatic heterocycles. The van der Waals surface area contributed by atoms with Crippen molar-refractivity contribution >= 4 is 43.8 Å². The number of carbonyl (C=O) groups is 1. The van der Waals surface area contributed by atoms with Crippen LogP contribution in [0, 0.1) is 0 Å². The van der Waals surface area contributed by atoms with Crippen LogP contribution >= 0.6 is 15.9 Å². The molecule has 0 radical (unpaired) electrons. The number of rotatable bonds is 3. The lowest BCUT2D eigenvalue weighted by molar-refractivity contribution is 0.0945. The van der Waals surface area contributed by atoms with E-state index in [9.17, 15) is 4.79 Å². The van der Waals surface area contributed by atoms with E-state index in [1.165, 1.54) is 6.92 Å². The van der Waals surface area contributed by atoms with Gasteiger partial charge in [-0.15, -0.1) is 10.2 Å². The molecular formula is C20H16BrN3O3. The van der Waals surface area contributed by atoms with E-state index < -0.39 is 0 Å². The van der Waals surface area contributed by atoms with Gasteiger partial charge in [0.2, 0.25) is 5.91 Å². The molecule has 0 aliphatic carbocycles. The Bertz CT molecular complexity index is 1200. The quantitative estimate of drug-likeness (QED) is 0.476. The number of aromatic nitrogens is 3. The van der Waals surface area contributed by atoms with Crippen LogP contribution in [-0.4, -0.2) is 34.9 Å². The summed E-state index contributed by atoms with van der Waals surface area (Å²) in [6, 6.07) is 13.3. The number of fused-ring (bicyclic) bond motifs is 3. The summed E-state index contributed by atoms with van der Waals surface area (Å²) in [5, 5.41) is 10.5. The number of benzene rings is 2. The molecule has 6 nitrogen and oxygen atoms in total. The van der Waals surface area contributed by atoms with E-state index in [0.29, 0.717) is 22.8 Å². The average molecular weight is 426 g/mol. The predicted molar refractivity (Wildman–Crippen MR) is 108 cm³/mol. The van der Waals surface area contributed by atoms with E-state index in [0.717, 1.165) is 26.3 Å². The summed E-state index contributed by atoms with van der Waals surface area (Å²) in [5.74, 6) is 1.15. The first-order valence-corrected chi connectivity index (χ1v) is 9.04. The van der Waals surface area contributed by atoms with Gasteiger partial charge >= 0.3 is 0 Å². The SMILES string of the molecule is COc1ccc(-c2cc3c4c(Br)cccc4n(C(C)=O)c3nn2)cc1OC. The lowest BCUT2D eigenvalue weighted by atomic mass is 10.1. The molecular weight excluding hydrogens is 410 g/mol. The Balaban J connectivity index is 2.01. The molecule has 0 aliphatic rings. The molecule has 0 unspecified atom stereocenters. The highest BCUT2D eigenvalue weighted by Gasteiger charge is 2.18. The fraction of sp³-hybridized carbons (Fsp3) is 0.150. The molecule has 7 heteroatoms. The maximum absolute atomic E-state index is 12.2. The molecule has 0 N–H and O–H groups in total. The molecule has 0 atom stereocenters. The molecule has 2 heterocycles. The molecule has 0 bridgehead atoms. The number of carbonyl (C=O) groups excluding carboxylic acids is 1. The van der Waals surface area contributed by atoms with E-state index in [1.54, 1.807) is 18.8 Å². The fourth-order valence-electron chi connectivity index (χ4n) is 3.27. The maximum atomic E-state index is 12.2. The van der Waals surface area contributed by atoms with Crippen LogP contribution in [0.25, 0.3) is 33.2 Å². The van der Waals surface area contributed by atoms with Gasteiger partial charge in [-0.2, -0.15) is 0 Å². The standard InChI is InChI=1S/C20H16BrN3O3/c1-11(25)24-16-6-4-5-14(21)19(16)13-10-15(22-23-20(13)24)12-7-8-17(26-2)18(9-12)27-3/h4-10H,1-3H3. The number of ether oxygens (including phenoxy) is 2. The lowest BCUT2D eigenvalue weighted by Crippen LogP contribution is -2.06. The third-order valence-corrected chi connectivity index (χ3v) is 5.14. The third-order valence-electron chi connectivity index (χ3n) is 4.48. The van der Waals surface area contributed by atoms with Crippen molar-refractivity contribution in [2.24, 2.45) is 0 Å². The average Bonchev–Trinajstić information content (AvgIpc) is 3.02. The van der Waals surface area contributed by atoms with E-state index >= 15 is 0 Å². The fourth-order valence-corrected chi connectivity index (χ4v) is 3.84. The number of hydrogen-bond acceptors (Lipinski definition) is 5. The Hall–Kier alpha value is -2.93. The summed E-state index contributed by atoms with van der Waals surface area (Å²) in [4.78, 5) is 12.2. The number of methoxy groups -OCH3 is 2. The summed E-state index contributed by atoms with van der Waals surface area (Å²) >= 11 is 3.59. The minimum Gasteiger partial charge on any atom is -0.493 e. The second-order valence-electron chi connectivity index (χ2n) is 6.03. The molecule has 4 aromatic rings. The normalized spacial score (nSPS) is 11.1. The Morgan fingerprint density at radius 2 is 1.81 bits per heavy atom. The van der Waals surface area contributed by atoms with Crippen LogP contribution in [0.1, 0.15) is 11.7 Å². The maximum Gasteiger partial charge on any atom is 0.229 e. The van der Waals surface area contributed by atoms with Crippen LogP contribution in [0.4, 0.5) is 0 Å². The third kappa shape index (κ3) is 2.75. The summed E-state index contributed by atoms with van der Waals surface area (Å²) in [7, 11) is 3.19. The van der Waals surface area contributed by atoms with Gasteiger partial charge in [-0.3, -0.25) is 9.36 Å². The molecule has 0 amide bonds. The zero-order valence-electron chi connectivity index (χ0n) is 15.0. The van der Waals surface area contributed by atoms with Gasteiger partial charge < -0.3 is 9.47 Å². The zero-order valence-corrected chi connectivity index (χ0v) is 16.6. The van der Waals surface area contributed by atoms with Crippen molar-refractivity contribution in [1.82, 2.24) is 14.8 Å². The van der Waals surface area contributed by atoms with Crippen LogP contribution in [0.5, 0.6) is 11.5 Å². The Morgan fingerprint density at radius 1 is 1.04 bits per heavy atom. The van der Waals surface area contributed by atoms with Crippen LogP contribution in [0.2, 0.25) is 0 Å². The van der Waals surface area contributed by atoms with Crippen molar-refractivity contribution in [3.8, 4) is 22.8 Å². The number of halogens is 1. The molecule has 4 rings (SSSR count). The molecule has 0 fully saturated rings. The van der Waals surface area contributed by atoms with E-state index in [1.807, 2.05) is 42.5 Å².